The van der Waals surface area contributed by atoms with Gasteiger partial charge in [0.1, 0.15) is 5.75 Å². The van der Waals surface area contributed by atoms with Crippen molar-refractivity contribution in [1.29, 1.82) is 0 Å². The number of hydrogen-bond donors (Lipinski definition) is 1. The first-order chi connectivity index (χ1) is 9.15. The second-order valence-electron chi connectivity index (χ2n) is 4.79. The van der Waals surface area contributed by atoms with Crippen molar-refractivity contribution in [3.8, 4) is 5.75 Å². The normalized spacial score (nSPS) is 14.1. The lowest BCUT2D eigenvalue weighted by molar-refractivity contribution is 0.404. The first-order valence-corrected chi connectivity index (χ1v) is 6.56. The lowest BCUT2D eigenvalue weighted by Gasteiger charge is -2.24. The van der Waals surface area contributed by atoms with E-state index in [1.54, 1.807) is 7.11 Å². The highest BCUT2D eigenvalue weighted by Crippen LogP contribution is 2.25. The Kier molecular flexibility index (Phi) is 4.22. The zero-order chi connectivity index (χ0) is 13.8. The van der Waals surface area contributed by atoms with Crippen molar-refractivity contribution in [3.05, 3.63) is 47.8 Å². The van der Waals surface area contributed by atoms with Gasteiger partial charge in [-0.05, 0) is 36.6 Å². The molecule has 2 rings (SSSR count). The molecule has 1 aromatic heterocycles. The van der Waals surface area contributed by atoms with E-state index in [2.05, 4.69) is 18.1 Å². The highest BCUT2D eigenvalue weighted by atomic mass is 16.5. The topological polar surface area (TPSA) is 53.1 Å². The average molecular weight is 259 g/mol. The van der Waals surface area contributed by atoms with E-state index in [1.165, 1.54) is 0 Å². The number of rotatable bonds is 5. The maximum Gasteiger partial charge on any atom is 0.119 e. The monoisotopic (exact) mass is 259 g/mol. The Morgan fingerprint density at radius 2 is 2.21 bits per heavy atom. The molecule has 0 amide bonds. The minimum Gasteiger partial charge on any atom is -0.497 e. The Balaban J connectivity index is 2.42. The van der Waals surface area contributed by atoms with Crippen LogP contribution < -0.4 is 10.5 Å². The Hall–Kier alpha value is -1.81. The van der Waals surface area contributed by atoms with Crippen molar-refractivity contribution in [2.45, 2.75) is 32.4 Å². The Morgan fingerprint density at radius 1 is 1.42 bits per heavy atom. The van der Waals surface area contributed by atoms with Crippen LogP contribution in [0.2, 0.25) is 0 Å². The van der Waals surface area contributed by atoms with E-state index in [4.69, 9.17) is 10.5 Å². The van der Waals surface area contributed by atoms with E-state index in [0.29, 0.717) is 0 Å². The van der Waals surface area contributed by atoms with Crippen molar-refractivity contribution >= 4 is 0 Å². The minimum atomic E-state index is 0.0198. The summed E-state index contributed by atoms with van der Waals surface area (Å²) in [6.45, 7) is 4.12. The summed E-state index contributed by atoms with van der Waals surface area (Å²) >= 11 is 0. The quantitative estimate of drug-likeness (QED) is 0.897. The zero-order valence-electron chi connectivity index (χ0n) is 11.7. The number of ether oxygens (including phenoxy) is 1. The molecular formula is C15H21N3O. The average Bonchev–Trinajstić information content (AvgIpc) is 2.85. The lowest BCUT2D eigenvalue weighted by atomic mass is 9.98. The van der Waals surface area contributed by atoms with E-state index in [-0.39, 0.29) is 12.1 Å². The van der Waals surface area contributed by atoms with Crippen molar-refractivity contribution in [2.24, 2.45) is 5.73 Å². The van der Waals surface area contributed by atoms with Gasteiger partial charge in [0.15, 0.2) is 0 Å². The van der Waals surface area contributed by atoms with Gasteiger partial charge in [0.2, 0.25) is 0 Å². The van der Waals surface area contributed by atoms with Gasteiger partial charge < -0.3 is 10.5 Å². The fourth-order valence-electron chi connectivity index (χ4n) is 2.23. The highest BCUT2D eigenvalue weighted by Gasteiger charge is 2.21. The molecule has 0 aliphatic rings. The number of hydrogen-bond acceptors (Lipinski definition) is 3. The van der Waals surface area contributed by atoms with Crippen molar-refractivity contribution in [1.82, 2.24) is 9.78 Å². The first-order valence-electron chi connectivity index (χ1n) is 6.56. The predicted molar refractivity (Wildman–Crippen MR) is 76.4 cm³/mol. The van der Waals surface area contributed by atoms with Gasteiger partial charge in [0, 0.05) is 12.2 Å². The van der Waals surface area contributed by atoms with Crippen LogP contribution in [0.25, 0.3) is 0 Å². The van der Waals surface area contributed by atoms with Crippen LogP contribution in [-0.2, 0) is 0 Å². The largest absolute Gasteiger partial charge is 0.497 e. The fourth-order valence-corrected chi connectivity index (χ4v) is 2.23. The molecule has 0 aliphatic carbocycles. The van der Waals surface area contributed by atoms with Crippen molar-refractivity contribution < 1.29 is 4.74 Å². The molecule has 0 radical (unpaired) electrons. The van der Waals surface area contributed by atoms with Crippen LogP contribution in [0.15, 0.2) is 36.7 Å². The zero-order valence-corrected chi connectivity index (χ0v) is 11.7. The summed E-state index contributed by atoms with van der Waals surface area (Å²) in [4.78, 5) is 0. The number of nitrogens with two attached hydrogens (primary N) is 1. The number of nitrogens with zero attached hydrogens (tertiary/aromatic N) is 2. The van der Waals surface area contributed by atoms with Crippen LogP contribution in [0.4, 0.5) is 0 Å². The third-order valence-electron chi connectivity index (χ3n) is 3.33. The summed E-state index contributed by atoms with van der Waals surface area (Å²) in [5.74, 6) is 0.842. The van der Waals surface area contributed by atoms with Gasteiger partial charge in [-0.3, -0.25) is 4.68 Å². The van der Waals surface area contributed by atoms with Crippen LogP contribution in [0.5, 0.6) is 5.75 Å². The first kappa shape index (κ1) is 13.6. The molecule has 19 heavy (non-hydrogen) atoms. The van der Waals surface area contributed by atoms with E-state index in [1.807, 2.05) is 42.2 Å². The lowest BCUT2D eigenvalue weighted by Crippen LogP contribution is -2.32. The van der Waals surface area contributed by atoms with Crippen LogP contribution in [0.1, 0.15) is 30.5 Å². The number of methoxy groups -OCH3 is 1. The van der Waals surface area contributed by atoms with Crippen LogP contribution in [0, 0.1) is 6.92 Å². The Morgan fingerprint density at radius 3 is 2.79 bits per heavy atom. The SMILES string of the molecule is CCC(N)C(c1cccc(OC)c1)n1cc(C)cn1. The summed E-state index contributed by atoms with van der Waals surface area (Å²) in [5.41, 5.74) is 8.54. The Labute approximate surface area is 114 Å². The summed E-state index contributed by atoms with van der Waals surface area (Å²) < 4.78 is 7.23. The van der Waals surface area contributed by atoms with E-state index < -0.39 is 0 Å². The third kappa shape index (κ3) is 2.96. The summed E-state index contributed by atoms with van der Waals surface area (Å²) in [6, 6.07) is 8.07. The highest BCUT2D eigenvalue weighted by molar-refractivity contribution is 5.31. The molecule has 4 heteroatoms. The van der Waals surface area contributed by atoms with Gasteiger partial charge >= 0.3 is 0 Å². The van der Waals surface area contributed by atoms with E-state index in [0.717, 1.165) is 23.3 Å². The molecule has 0 saturated heterocycles. The molecule has 0 spiro atoms. The second kappa shape index (κ2) is 5.89. The molecular weight excluding hydrogens is 238 g/mol. The molecule has 0 saturated carbocycles. The molecule has 102 valence electrons. The molecule has 0 aliphatic heterocycles. The van der Waals surface area contributed by atoms with E-state index in [9.17, 15) is 0 Å². The molecule has 1 heterocycles. The van der Waals surface area contributed by atoms with Gasteiger partial charge in [-0.2, -0.15) is 5.10 Å². The van der Waals surface area contributed by atoms with Gasteiger partial charge in [-0.1, -0.05) is 19.1 Å². The number of aromatic nitrogens is 2. The molecule has 2 N–H and O–H groups in total. The third-order valence-corrected chi connectivity index (χ3v) is 3.33. The van der Waals surface area contributed by atoms with E-state index >= 15 is 0 Å². The van der Waals surface area contributed by atoms with Gasteiger partial charge in [0.25, 0.3) is 0 Å². The van der Waals surface area contributed by atoms with Crippen LogP contribution >= 0.6 is 0 Å². The summed E-state index contributed by atoms with van der Waals surface area (Å²) in [7, 11) is 1.67. The minimum absolute atomic E-state index is 0.0198. The smallest absolute Gasteiger partial charge is 0.119 e. The van der Waals surface area contributed by atoms with Gasteiger partial charge in [-0.15, -0.1) is 0 Å². The van der Waals surface area contributed by atoms with Gasteiger partial charge in [0.05, 0.1) is 19.3 Å². The maximum atomic E-state index is 6.28. The summed E-state index contributed by atoms with van der Waals surface area (Å²) in [5, 5.41) is 4.41. The number of aryl methyl sites for hydroxylation is 1. The summed E-state index contributed by atoms with van der Waals surface area (Å²) in [6.07, 6.45) is 4.77. The van der Waals surface area contributed by atoms with Crippen LogP contribution in [0.3, 0.4) is 0 Å². The molecule has 0 bridgehead atoms. The molecule has 2 atom stereocenters. The Bertz CT molecular complexity index is 536. The standard InChI is InChI=1S/C15H21N3O/c1-4-14(16)15(18-10-11(2)9-17-18)12-6-5-7-13(8-12)19-3/h5-10,14-15H,4,16H2,1-3H3. The van der Waals surface area contributed by atoms with Gasteiger partial charge in [-0.25, -0.2) is 0 Å². The second-order valence-corrected chi connectivity index (χ2v) is 4.79. The van der Waals surface area contributed by atoms with Crippen molar-refractivity contribution in [3.63, 3.8) is 0 Å². The predicted octanol–water partition coefficient (Wildman–Crippen LogP) is 2.53. The molecule has 2 unspecified atom stereocenters. The maximum absolute atomic E-state index is 6.28. The molecule has 2 aromatic rings. The fraction of sp³-hybridized carbons (Fsp3) is 0.400. The van der Waals surface area contributed by atoms with Crippen LogP contribution in [-0.4, -0.2) is 22.9 Å². The molecule has 1 aromatic carbocycles. The molecule has 4 nitrogen and oxygen atoms in total. The number of benzene rings is 1. The van der Waals surface area contributed by atoms with Crippen molar-refractivity contribution in [2.75, 3.05) is 7.11 Å². The molecule has 0 fully saturated rings.